The number of carbonyl (C=O) groups excluding carboxylic acids is 1. The lowest BCUT2D eigenvalue weighted by Gasteiger charge is -2.60. The number of amides is 1. The Labute approximate surface area is 196 Å². The van der Waals surface area contributed by atoms with Crippen LogP contribution >= 0.6 is 23.2 Å². The third-order valence-electron chi connectivity index (χ3n) is 7.59. The number of hydrogen-bond acceptors (Lipinski definition) is 4. The Morgan fingerprint density at radius 2 is 2.00 bits per heavy atom. The molecule has 2 heterocycles. The van der Waals surface area contributed by atoms with E-state index in [-0.39, 0.29) is 22.1 Å². The molecule has 1 amide bonds. The second-order valence-corrected chi connectivity index (χ2v) is 10.7. The van der Waals surface area contributed by atoms with Crippen molar-refractivity contribution in [3.05, 3.63) is 58.9 Å². The summed E-state index contributed by atoms with van der Waals surface area (Å²) in [6.45, 7) is 0.599. The van der Waals surface area contributed by atoms with Crippen LogP contribution in [0.5, 0.6) is 0 Å². The van der Waals surface area contributed by atoms with Crippen LogP contribution in [0.4, 0.5) is 5.69 Å². The summed E-state index contributed by atoms with van der Waals surface area (Å²) in [6.07, 6.45) is 11.3. The van der Waals surface area contributed by atoms with Gasteiger partial charge in [-0.2, -0.15) is 5.10 Å². The van der Waals surface area contributed by atoms with E-state index in [4.69, 9.17) is 23.2 Å². The zero-order valence-corrected chi connectivity index (χ0v) is 19.1. The zero-order chi connectivity index (χ0) is 21.9. The Hall–Kier alpha value is -2.38. The van der Waals surface area contributed by atoms with E-state index in [0.29, 0.717) is 23.4 Å². The third kappa shape index (κ3) is 3.42. The van der Waals surface area contributed by atoms with Gasteiger partial charge in [-0.25, -0.2) is 9.67 Å². The summed E-state index contributed by atoms with van der Waals surface area (Å²) in [6, 6.07) is 7.71. The monoisotopic (exact) mass is 470 g/mol. The van der Waals surface area contributed by atoms with E-state index in [1.54, 1.807) is 12.5 Å². The number of rotatable bonds is 5. The van der Waals surface area contributed by atoms with Crippen molar-refractivity contribution in [1.82, 2.24) is 24.5 Å². The molecule has 1 N–H and O–H groups in total. The minimum Gasteiger partial charge on any atom is -0.323 e. The lowest BCUT2D eigenvalue weighted by atomic mass is 9.46. The molecule has 0 aliphatic heterocycles. The smallest absolute Gasteiger partial charge is 0.242 e. The van der Waals surface area contributed by atoms with Gasteiger partial charge >= 0.3 is 0 Å². The van der Waals surface area contributed by atoms with Crippen molar-refractivity contribution in [2.45, 2.75) is 50.6 Å². The fraction of sp³-hybridized carbons (Fsp3) is 0.478. The van der Waals surface area contributed by atoms with Gasteiger partial charge in [0.1, 0.15) is 6.33 Å². The molecular formula is C23H24Cl2N6O. The average molecular weight is 471 g/mol. The predicted molar refractivity (Wildman–Crippen MR) is 122 cm³/mol. The lowest BCUT2D eigenvalue weighted by molar-refractivity contribution is -0.150. The molecule has 0 saturated heterocycles. The van der Waals surface area contributed by atoms with Crippen molar-refractivity contribution >= 4 is 34.8 Å². The fourth-order valence-electron chi connectivity index (χ4n) is 6.82. The minimum atomic E-state index is -0.377. The first-order valence-corrected chi connectivity index (χ1v) is 11.8. The molecule has 0 spiro atoms. The van der Waals surface area contributed by atoms with Crippen molar-refractivity contribution in [3.8, 4) is 0 Å². The van der Waals surface area contributed by atoms with E-state index < -0.39 is 0 Å². The van der Waals surface area contributed by atoms with Crippen LogP contribution < -0.4 is 5.32 Å². The molecule has 32 heavy (non-hydrogen) atoms. The molecule has 0 radical (unpaired) electrons. The van der Waals surface area contributed by atoms with Crippen molar-refractivity contribution in [2.24, 2.45) is 17.3 Å². The van der Waals surface area contributed by atoms with Crippen molar-refractivity contribution in [2.75, 3.05) is 5.32 Å². The van der Waals surface area contributed by atoms with Gasteiger partial charge in [-0.1, -0.05) is 23.7 Å². The number of carbonyl (C=O) groups is 1. The molecule has 4 aliphatic rings. The van der Waals surface area contributed by atoms with Crippen LogP contribution in [0.2, 0.25) is 10.3 Å². The summed E-state index contributed by atoms with van der Waals surface area (Å²) in [4.78, 5) is 17.8. The van der Waals surface area contributed by atoms with Gasteiger partial charge < -0.3 is 5.32 Å². The van der Waals surface area contributed by atoms with E-state index in [0.717, 1.165) is 43.4 Å². The summed E-state index contributed by atoms with van der Waals surface area (Å²) < 4.78 is 3.76. The van der Waals surface area contributed by atoms with Gasteiger partial charge in [0.05, 0.1) is 29.4 Å². The van der Waals surface area contributed by atoms with Gasteiger partial charge in [-0.3, -0.25) is 9.48 Å². The maximum atomic E-state index is 13.6. The van der Waals surface area contributed by atoms with Crippen molar-refractivity contribution in [3.63, 3.8) is 0 Å². The second-order valence-electron chi connectivity index (χ2n) is 9.93. The number of halogens is 2. The molecule has 4 saturated carbocycles. The van der Waals surface area contributed by atoms with Gasteiger partial charge in [0, 0.05) is 11.2 Å². The van der Waals surface area contributed by atoms with Crippen LogP contribution in [0.25, 0.3) is 0 Å². The van der Waals surface area contributed by atoms with E-state index in [1.165, 1.54) is 6.42 Å². The summed E-state index contributed by atoms with van der Waals surface area (Å²) in [7, 11) is 0. The summed E-state index contributed by atoms with van der Waals surface area (Å²) in [5, 5.41) is 13.0. The standard InChI is InChI=1S/C23H24Cl2N6O/c24-18-3-1-2-15(5-18)11-30-12-19(10-27-30)28-20(32)22-6-16-4-17(7-22)9-23(8-16,13-22)31-14-26-21(25)29-31/h1-3,5,10,12,14,16-17H,4,6-9,11,13H2,(H,28,32). The molecule has 2 unspecified atom stereocenters. The first-order valence-electron chi connectivity index (χ1n) is 11.1. The summed E-state index contributed by atoms with van der Waals surface area (Å²) in [5.74, 6) is 1.18. The number of nitrogens with zero attached hydrogens (tertiary/aromatic N) is 5. The quantitative estimate of drug-likeness (QED) is 0.582. The molecule has 2 aromatic heterocycles. The zero-order valence-electron chi connectivity index (χ0n) is 17.5. The predicted octanol–water partition coefficient (Wildman–Crippen LogP) is 4.76. The minimum absolute atomic E-state index is 0.101. The van der Waals surface area contributed by atoms with Gasteiger partial charge in [-0.15, -0.1) is 5.10 Å². The van der Waals surface area contributed by atoms with Crippen molar-refractivity contribution in [1.29, 1.82) is 0 Å². The largest absolute Gasteiger partial charge is 0.323 e. The van der Waals surface area contributed by atoms with Crippen LogP contribution in [-0.2, 0) is 16.9 Å². The highest BCUT2D eigenvalue weighted by Gasteiger charge is 2.61. The maximum absolute atomic E-state index is 13.6. The summed E-state index contributed by atoms with van der Waals surface area (Å²) in [5.41, 5.74) is 1.26. The molecule has 3 aromatic rings. The van der Waals surface area contributed by atoms with E-state index in [9.17, 15) is 4.79 Å². The maximum Gasteiger partial charge on any atom is 0.242 e. The van der Waals surface area contributed by atoms with Crippen LogP contribution in [-0.4, -0.2) is 30.5 Å². The lowest BCUT2D eigenvalue weighted by Crippen LogP contribution is -2.60. The molecule has 4 bridgehead atoms. The number of nitrogens with one attached hydrogen (secondary N) is 1. The second kappa shape index (κ2) is 7.32. The van der Waals surface area contributed by atoms with Gasteiger partial charge in [-0.05, 0) is 79.7 Å². The Morgan fingerprint density at radius 3 is 2.72 bits per heavy atom. The molecule has 4 aliphatic carbocycles. The SMILES string of the molecule is O=C(Nc1cnn(Cc2cccc(Cl)c2)c1)C12CC3CC(C1)CC(n1cnc(Cl)n1)(C3)C2. The molecule has 7 rings (SSSR count). The topological polar surface area (TPSA) is 77.6 Å². The molecular weight excluding hydrogens is 447 g/mol. The van der Waals surface area contributed by atoms with Gasteiger partial charge in [0.25, 0.3) is 0 Å². The average Bonchev–Trinajstić information content (AvgIpc) is 3.36. The fourth-order valence-corrected chi connectivity index (χ4v) is 7.16. The number of aromatic nitrogens is 5. The van der Waals surface area contributed by atoms with E-state index >= 15 is 0 Å². The van der Waals surface area contributed by atoms with Crippen LogP contribution in [0.1, 0.15) is 44.1 Å². The number of hydrogen-bond donors (Lipinski definition) is 1. The number of benzene rings is 1. The Kier molecular flexibility index (Phi) is 4.63. The van der Waals surface area contributed by atoms with E-state index in [2.05, 4.69) is 20.5 Å². The highest BCUT2D eigenvalue weighted by atomic mass is 35.5. The van der Waals surface area contributed by atoms with Crippen LogP contribution in [0.15, 0.2) is 43.0 Å². The van der Waals surface area contributed by atoms with Crippen LogP contribution in [0, 0.1) is 17.3 Å². The Morgan fingerprint density at radius 1 is 1.19 bits per heavy atom. The molecule has 1 aromatic carbocycles. The normalized spacial score (nSPS) is 30.6. The molecule has 7 nitrogen and oxygen atoms in total. The van der Waals surface area contributed by atoms with Crippen molar-refractivity contribution < 1.29 is 4.79 Å². The molecule has 2 atom stereocenters. The number of anilines is 1. The highest BCUT2D eigenvalue weighted by Crippen LogP contribution is 2.64. The molecule has 166 valence electrons. The Bertz CT molecular complexity index is 1170. The summed E-state index contributed by atoms with van der Waals surface area (Å²) >= 11 is 12.1. The first-order chi connectivity index (χ1) is 15.4. The highest BCUT2D eigenvalue weighted by molar-refractivity contribution is 6.30. The van der Waals surface area contributed by atoms with Gasteiger partial charge in [0.15, 0.2) is 0 Å². The van der Waals surface area contributed by atoms with Crippen LogP contribution in [0.3, 0.4) is 0 Å². The molecule has 9 heteroatoms. The third-order valence-corrected chi connectivity index (χ3v) is 7.99. The first kappa shape index (κ1) is 20.2. The Balaban J connectivity index is 1.22. The molecule has 4 fully saturated rings. The van der Waals surface area contributed by atoms with E-state index in [1.807, 2.05) is 39.8 Å². The van der Waals surface area contributed by atoms with Gasteiger partial charge in [0.2, 0.25) is 11.2 Å².